The highest BCUT2D eigenvalue weighted by Gasteiger charge is 2.54. The third-order valence-corrected chi connectivity index (χ3v) is 9.69. The molecule has 2 saturated heterocycles. The third-order valence-electron chi connectivity index (χ3n) is 9.69. The summed E-state index contributed by atoms with van der Waals surface area (Å²) in [7, 11) is 0. The summed E-state index contributed by atoms with van der Waals surface area (Å²) in [5.74, 6) is -2.85. The second-order valence-electron chi connectivity index (χ2n) is 12.9. The molecular formula is C32H43N9O10. The number of ether oxygens (including phenoxy) is 7. The van der Waals surface area contributed by atoms with Gasteiger partial charge in [0.2, 0.25) is 0 Å². The third kappa shape index (κ3) is 9.40. The summed E-state index contributed by atoms with van der Waals surface area (Å²) in [5.41, 5.74) is 28.9. The van der Waals surface area contributed by atoms with Gasteiger partial charge in [-0.3, -0.25) is 9.59 Å². The average Bonchev–Trinajstić information content (AvgIpc) is 3.39. The topological polar surface area (TPSA) is 262 Å². The second-order valence-corrected chi connectivity index (χ2v) is 12.9. The Kier molecular flexibility index (Phi) is 13.9. The van der Waals surface area contributed by atoms with E-state index in [2.05, 4.69) is 30.1 Å². The van der Waals surface area contributed by atoms with Crippen LogP contribution in [0.15, 0.2) is 45.7 Å². The van der Waals surface area contributed by atoms with Crippen molar-refractivity contribution in [3.8, 4) is 0 Å². The quantitative estimate of drug-likeness (QED) is 0.0792. The standard InChI is InChI=1S/C32H43N9O10/c1-7-23-17(4)26(49-30(44)20-11-9-8-10-12-20)32(47-23)51-29-27(46-19(6)43)21(36-39-33)13-22(37-40-34)28(29)50-31-25(38-41-35)16(3)15(2)24(48-31)14-45-18(5)42/h8-12,15-17,21-29,31-32H,7,13-14H2,1-6H3/t15-,16-,17-,21+,22?,23+,24?,25?,26?,27?,28+,29+,31+,32-/m0/s1. The Morgan fingerprint density at radius 2 is 1.35 bits per heavy atom. The molecule has 51 heavy (non-hydrogen) atoms. The maximum atomic E-state index is 13.2. The average molecular weight is 714 g/mol. The van der Waals surface area contributed by atoms with Gasteiger partial charge in [0.15, 0.2) is 18.7 Å². The van der Waals surface area contributed by atoms with Crippen molar-refractivity contribution in [1.82, 2.24) is 0 Å². The molecule has 1 aromatic carbocycles. The van der Waals surface area contributed by atoms with Gasteiger partial charge in [0.1, 0.15) is 18.8 Å². The molecule has 0 bridgehead atoms. The molecule has 3 fully saturated rings. The van der Waals surface area contributed by atoms with Crippen molar-refractivity contribution in [3.63, 3.8) is 0 Å². The highest BCUT2D eigenvalue weighted by molar-refractivity contribution is 5.89. The first-order valence-corrected chi connectivity index (χ1v) is 16.7. The van der Waals surface area contributed by atoms with Crippen molar-refractivity contribution in [2.24, 2.45) is 33.1 Å². The molecular weight excluding hydrogens is 670 g/mol. The molecule has 1 aliphatic carbocycles. The SMILES string of the molecule is CC[C@H]1O[C@@H](O[C@@H]2C(OC(C)=O)[C@H](N=[N+]=[N-])CC(N=[N+]=[N-])[C@H]2O[C@H]2OC(COC(C)=O)[C@@H](C)[C@H](C)C2N=[N+]=[N-])C(OC(=O)c2ccccc2)[C@H]1C. The van der Waals surface area contributed by atoms with Crippen molar-refractivity contribution < 1.29 is 47.5 Å². The molecule has 14 atom stereocenters. The summed E-state index contributed by atoms with van der Waals surface area (Å²) in [5, 5.41) is 11.7. The van der Waals surface area contributed by atoms with Crippen molar-refractivity contribution in [1.29, 1.82) is 0 Å². The molecule has 0 N–H and O–H groups in total. The molecule has 0 aromatic heterocycles. The van der Waals surface area contributed by atoms with Gasteiger partial charge in [-0.2, -0.15) is 0 Å². The zero-order valence-electron chi connectivity index (χ0n) is 29.2. The number of hydrogen-bond acceptors (Lipinski definition) is 13. The van der Waals surface area contributed by atoms with Gasteiger partial charge in [0.05, 0.1) is 42.0 Å². The Morgan fingerprint density at radius 3 is 1.94 bits per heavy atom. The first kappa shape index (κ1) is 39.2. The van der Waals surface area contributed by atoms with E-state index in [9.17, 15) is 31.0 Å². The molecule has 3 aliphatic rings. The molecule has 1 aromatic rings. The number of azide groups is 3. The first-order valence-electron chi connectivity index (χ1n) is 16.7. The molecule has 1 saturated carbocycles. The molecule has 4 rings (SSSR count). The molecule has 0 spiro atoms. The minimum atomic E-state index is -1.38. The number of carbonyl (C=O) groups is 3. The Labute approximate surface area is 294 Å². The van der Waals surface area contributed by atoms with Crippen LogP contribution in [0.1, 0.15) is 64.7 Å². The molecule has 0 amide bonds. The van der Waals surface area contributed by atoms with Gasteiger partial charge in [-0.05, 0) is 53.4 Å². The fourth-order valence-corrected chi connectivity index (χ4v) is 6.80. The van der Waals surface area contributed by atoms with Crippen LogP contribution in [0.5, 0.6) is 0 Å². The number of hydrogen-bond donors (Lipinski definition) is 0. The lowest BCUT2D eigenvalue weighted by Crippen LogP contribution is -2.62. The number of esters is 3. The number of carbonyl (C=O) groups excluding carboxylic acids is 3. The van der Waals surface area contributed by atoms with Gasteiger partial charge >= 0.3 is 17.9 Å². The van der Waals surface area contributed by atoms with E-state index in [1.165, 1.54) is 6.92 Å². The molecule has 2 aliphatic heterocycles. The maximum absolute atomic E-state index is 13.2. The van der Waals surface area contributed by atoms with Crippen LogP contribution in [-0.4, -0.2) is 91.8 Å². The van der Waals surface area contributed by atoms with Gasteiger partial charge in [-0.1, -0.05) is 61.2 Å². The predicted octanol–water partition coefficient (Wildman–Crippen LogP) is 5.69. The normalized spacial score (nSPS) is 36.0. The van der Waals surface area contributed by atoms with Gasteiger partial charge in [0, 0.05) is 34.5 Å². The highest BCUT2D eigenvalue weighted by Crippen LogP contribution is 2.41. The summed E-state index contributed by atoms with van der Waals surface area (Å²) in [6.45, 7) is 9.72. The van der Waals surface area contributed by atoms with Crippen molar-refractivity contribution in [2.45, 2.75) is 122 Å². The predicted molar refractivity (Wildman–Crippen MR) is 176 cm³/mol. The Morgan fingerprint density at radius 1 is 0.745 bits per heavy atom. The van der Waals surface area contributed by atoms with Crippen LogP contribution < -0.4 is 0 Å². The van der Waals surface area contributed by atoms with E-state index in [1.54, 1.807) is 30.3 Å². The lowest BCUT2D eigenvalue weighted by molar-refractivity contribution is -0.300. The van der Waals surface area contributed by atoms with Gasteiger partial charge in [-0.15, -0.1) is 0 Å². The van der Waals surface area contributed by atoms with E-state index < -0.39 is 85.2 Å². The van der Waals surface area contributed by atoms with Crippen molar-refractivity contribution in [3.05, 3.63) is 67.2 Å². The fourth-order valence-electron chi connectivity index (χ4n) is 6.80. The summed E-state index contributed by atoms with van der Waals surface area (Å²) in [6.07, 6.45) is -8.20. The van der Waals surface area contributed by atoms with Crippen molar-refractivity contribution >= 4 is 17.9 Å². The van der Waals surface area contributed by atoms with Gasteiger partial charge in [-0.25, -0.2) is 4.79 Å². The Hall–Kier alpha value is -4.60. The van der Waals surface area contributed by atoms with E-state index in [4.69, 9.17) is 33.2 Å². The first-order chi connectivity index (χ1) is 24.4. The van der Waals surface area contributed by atoms with Gasteiger partial charge in [0.25, 0.3) is 0 Å². The lowest BCUT2D eigenvalue weighted by Gasteiger charge is -2.48. The van der Waals surface area contributed by atoms with Crippen LogP contribution >= 0.6 is 0 Å². The molecule has 0 radical (unpaired) electrons. The minimum absolute atomic E-state index is 0.121. The largest absolute Gasteiger partial charge is 0.463 e. The Balaban J connectivity index is 1.77. The van der Waals surface area contributed by atoms with E-state index in [1.807, 2.05) is 27.7 Å². The monoisotopic (exact) mass is 713 g/mol. The van der Waals surface area contributed by atoms with E-state index >= 15 is 0 Å². The Bertz CT molecular complexity index is 1530. The number of nitrogens with zero attached hydrogens (tertiary/aromatic N) is 9. The van der Waals surface area contributed by atoms with Crippen LogP contribution in [0.25, 0.3) is 31.3 Å². The number of rotatable bonds is 13. The van der Waals surface area contributed by atoms with Crippen LogP contribution in [0.4, 0.5) is 0 Å². The molecule has 19 nitrogen and oxygen atoms in total. The molecule has 5 unspecified atom stereocenters. The zero-order valence-corrected chi connectivity index (χ0v) is 29.2. The van der Waals surface area contributed by atoms with Gasteiger partial charge < -0.3 is 33.2 Å². The summed E-state index contributed by atoms with van der Waals surface area (Å²) in [4.78, 5) is 46.3. The van der Waals surface area contributed by atoms with Crippen LogP contribution in [0.3, 0.4) is 0 Å². The fraction of sp³-hybridized carbons (Fsp3) is 0.719. The molecule has 19 heteroatoms. The van der Waals surface area contributed by atoms with E-state index in [0.717, 1.165) is 6.92 Å². The van der Waals surface area contributed by atoms with Crippen LogP contribution in [0.2, 0.25) is 0 Å². The summed E-state index contributed by atoms with van der Waals surface area (Å²) < 4.78 is 42.5. The molecule has 276 valence electrons. The molecule has 2 heterocycles. The second kappa shape index (κ2) is 18.1. The minimum Gasteiger partial charge on any atom is -0.463 e. The zero-order chi connectivity index (χ0) is 37.2. The number of benzene rings is 1. The lowest BCUT2D eigenvalue weighted by atomic mass is 9.81. The maximum Gasteiger partial charge on any atom is 0.338 e. The van der Waals surface area contributed by atoms with Crippen LogP contribution in [-0.2, 0) is 42.7 Å². The van der Waals surface area contributed by atoms with E-state index in [0.29, 0.717) is 12.0 Å². The highest BCUT2D eigenvalue weighted by atomic mass is 16.7. The smallest absolute Gasteiger partial charge is 0.338 e. The summed E-state index contributed by atoms with van der Waals surface area (Å²) >= 11 is 0. The van der Waals surface area contributed by atoms with Crippen molar-refractivity contribution in [2.75, 3.05) is 6.61 Å². The van der Waals surface area contributed by atoms with Crippen LogP contribution in [0, 0.1) is 17.8 Å². The summed E-state index contributed by atoms with van der Waals surface area (Å²) in [6, 6.07) is 5.25. The van der Waals surface area contributed by atoms with E-state index in [-0.39, 0.29) is 30.8 Å².